The lowest BCUT2D eigenvalue weighted by atomic mass is 9.98. The Hall–Kier alpha value is -2.58. The van der Waals surface area contributed by atoms with E-state index >= 15 is 0 Å². The maximum absolute atomic E-state index is 12.5. The lowest BCUT2D eigenvalue weighted by Crippen LogP contribution is -2.46. The lowest BCUT2D eigenvalue weighted by molar-refractivity contribution is -0.147. The molecule has 1 aromatic carbocycles. The third-order valence-corrected chi connectivity index (χ3v) is 3.59. The number of aliphatic carboxylic acids is 1. The van der Waals surface area contributed by atoms with Gasteiger partial charge in [0, 0.05) is 0 Å². The molecule has 0 unspecified atom stereocenters. The predicted molar refractivity (Wildman–Crippen MR) is 85.1 cm³/mol. The standard InChI is InChI=1S/C17H20F3NO5/c1-3-26-14(23)8-10(2)15(16(24)25)21-13(22)9-11-4-6-12(7-5-11)17(18,19)20/h4-7,10,15H,3,8-9H2,1-2H3,(H,21,22)(H,24,25)/t10-,15-/m1/s1. The zero-order chi connectivity index (χ0) is 19.9. The van der Waals surface area contributed by atoms with Gasteiger partial charge in [0.1, 0.15) is 6.04 Å². The first-order chi connectivity index (χ1) is 12.0. The quantitative estimate of drug-likeness (QED) is 0.681. The van der Waals surface area contributed by atoms with Gasteiger partial charge in [-0.2, -0.15) is 13.2 Å². The zero-order valence-electron chi connectivity index (χ0n) is 14.3. The minimum atomic E-state index is -4.47. The number of alkyl halides is 3. The molecule has 1 amide bonds. The van der Waals surface area contributed by atoms with E-state index in [0.717, 1.165) is 24.3 Å². The normalized spacial score (nSPS) is 13.6. The van der Waals surface area contributed by atoms with Gasteiger partial charge in [-0.05, 0) is 30.5 Å². The van der Waals surface area contributed by atoms with E-state index in [9.17, 15) is 32.7 Å². The molecule has 0 aliphatic carbocycles. The number of ether oxygens (including phenoxy) is 1. The molecule has 0 saturated carbocycles. The molecular weight excluding hydrogens is 355 g/mol. The zero-order valence-corrected chi connectivity index (χ0v) is 14.3. The molecule has 2 atom stereocenters. The van der Waals surface area contributed by atoms with Crippen molar-refractivity contribution in [3.05, 3.63) is 35.4 Å². The van der Waals surface area contributed by atoms with Crippen LogP contribution in [0.25, 0.3) is 0 Å². The molecule has 0 bridgehead atoms. The Morgan fingerprint density at radius 3 is 2.23 bits per heavy atom. The van der Waals surface area contributed by atoms with Crippen LogP contribution in [-0.4, -0.2) is 35.6 Å². The summed E-state index contributed by atoms with van der Waals surface area (Å²) in [5.41, 5.74) is -0.536. The summed E-state index contributed by atoms with van der Waals surface area (Å²) in [6, 6.07) is 2.68. The monoisotopic (exact) mass is 375 g/mol. The van der Waals surface area contributed by atoms with E-state index in [1.54, 1.807) is 6.92 Å². The average molecular weight is 375 g/mol. The average Bonchev–Trinajstić information content (AvgIpc) is 2.52. The van der Waals surface area contributed by atoms with Gasteiger partial charge >= 0.3 is 18.1 Å². The van der Waals surface area contributed by atoms with Gasteiger partial charge in [-0.1, -0.05) is 19.1 Å². The van der Waals surface area contributed by atoms with Gasteiger partial charge < -0.3 is 15.2 Å². The Morgan fingerprint density at radius 2 is 1.77 bits per heavy atom. The van der Waals surface area contributed by atoms with E-state index in [1.807, 2.05) is 0 Å². The van der Waals surface area contributed by atoms with Gasteiger partial charge in [-0.3, -0.25) is 9.59 Å². The Morgan fingerprint density at radius 1 is 1.19 bits per heavy atom. The minimum Gasteiger partial charge on any atom is -0.480 e. The molecule has 0 heterocycles. The highest BCUT2D eigenvalue weighted by atomic mass is 19.4. The highest BCUT2D eigenvalue weighted by molar-refractivity contribution is 5.85. The number of carboxylic acids is 1. The molecule has 6 nitrogen and oxygen atoms in total. The fraction of sp³-hybridized carbons (Fsp3) is 0.471. The van der Waals surface area contributed by atoms with E-state index in [2.05, 4.69) is 5.32 Å². The van der Waals surface area contributed by atoms with Gasteiger partial charge in [0.25, 0.3) is 0 Å². The molecule has 9 heteroatoms. The second-order valence-corrected chi connectivity index (χ2v) is 5.74. The first-order valence-electron chi connectivity index (χ1n) is 7.88. The first kappa shape index (κ1) is 21.5. The molecule has 144 valence electrons. The Balaban J connectivity index is 2.70. The number of hydrogen-bond acceptors (Lipinski definition) is 4. The van der Waals surface area contributed by atoms with Crippen molar-refractivity contribution in [2.75, 3.05) is 6.61 Å². The Kier molecular flexibility index (Phi) is 7.60. The molecule has 1 rings (SSSR count). The first-order valence-corrected chi connectivity index (χ1v) is 7.88. The molecule has 0 radical (unpaired) electrons. The van der Waals surface area contributed by atoms with Crippen LogP contribution >= 0.6 is 0 Å². The number of nitrogens with one attached hydrogen (secondary N) is 1. The molecular formula is C17H20F3NO5. The number of amides is 1. The van der Waals surface area contributed by atoms with E-state index < -0.39 is 41.5 Å². The lowest BCUT2D eigenvalue weighted by Gasteiger charge is -2.21. The fourth-order valence-corrected chi connectivity index (χ4v) is 2.27. The molecule has 0 aliphatic heterocycles. The van der Waals surface area contributed by atoms with E-state index in [1.165, 1.54) is 6.92 Å². The summed E-state index contributed by atoms with van der Waals surface area (Å²) in [7, 11) is 0. The topological polar surface area (TPSA) is 92.7 Å². The smallest absolute Gasteiger partial charge is 0.416 e. The second kappa shape index (κ2) is 9.21. The third kappa shape index (κ3) is 6.73. The number of carbonyl (C=O) groups excluding carboxylic acids is 2. The molecule has 1 aromatic rings. The molecule has 26 heavy (non-hydrogen) atoms. The minimum absolute atomic E-state index is 0.156. The van der Waals surface area contributed by atoms with Crippen molar-refractivity contribution in [3.8, 4) is 0 Å². The van der Waals surface area contributed by atoms with E-state index in [0.29, 0.717) is 5.56 Å². The highest BCUT2D eigenvalue weighted by Crippen LogP contribution is 2.29. The van der Waals surface area contributed by atoms with Crippen LogP contribution in [0.1, 0.15) is 31.4 Å². The van der Waals surface area contributed by atoms with Crippen molar-refractivity contribution < 1.29 is 37.4 Å². The van der Waals surface area contributed by atoms with Crippen molar-refractivity contribution in [3.63, 3.8) is 0 Å². The largest absolute Gasteiger partial charge is 0.480 e. The third-order valence-electron chi connectivity index (χ3n) is 3.59. The number of halogens is 3. The van der Waals surface area contributed by atoms with Crippen LogP contribution in [-0.2, 0) is 31.7 Å². The second-order valence-electron chi connectivity index (χ2n) is 5.74. The number of carbonyl (C=O) groups is 3. The molecule has 0 saturated heterocycles. The fourth-order valence-electron chi connectivity index (χ4n) is 2.27. The van der Waals surface area contributed by atoms with Crippen molar-refractivity contribution in [1.82, 2.24) is 5.32 Å². The number of carboxylic acid groups (broad SMARTS) is 1. The van der Waals surface area contributed by atoms with E-state index in [-0.39, 0.29) is 19.4 Å². The van der Waals surface area contributed by atoms with Gasteiger partial charge in [0.15, 0.2) is 0 Å². The summed E-state index contributed by atoms with van der Waals surface area (Å²) in [4.78, 5) is 34.8. The molecule has 2 N–H and O–H groups in total. The van der Waals surface area contributed by atoms with Crippen LogP contribution in [0.4, 0.5) is 13.2 Å². The van der Waals surface area contributed by atoms with Crippen LogP contribution in [0.3, 0.4) is 0 Å². The molecule has 0 aromatic heterocycles. The predicted octanol–water partition coefficient (Wildman–Crippen LogP) is 2.41. The van der Waals surface area contributed by atoms with Crippen LogP contribution in [0.5, 0.6) is 0 Å². The Bertz CT molecular complexity index is 643. The number of esters is 1. The van der Waals surface area contributed by atoms with Gasteiger partial charge in [-0.15, -0.1) is 0 Å². The van der Waals surface area contributed by atoms with Crippen LogP contribution in [0, 0.1) is 5.92 Å². The summed E-state index contributed by atoms with van der Waals surface area (Å²) in [6.45, 7) is 3.25. The molecule has 0 spiro atoms. The van der Waals surface area contributed by atoms with Crippen molar-refractivity contribution >= 4 is 17.8 Å². The van der Waals surface area contributed by atoms with Gasteiger partial charge in [0.2, 0.25) is 5.91 Å². The van der Waals surface area contributed by atoms with Crippen LogP contribution in [0.2, 0.25) is 0 Å². The summed E-state index contributed by atoms with van der Waals surface area (Å²) >= 11 is 0. The van der Waals surface area contributed by atoms with Gasteiger partial charge in [0.05, 0.1) is 25.0 Å². The summed E-state index contributed by atoms with van der Waals surface area (Å²) in [6.07, 6.45) is -4.95. The number of rotatable bonds is 8. The summed E-state index contributed by atoms with van der Waals surface area (Å²) < 4.78 is 42.3. The van der Waals surface area contributed by atoms with Crippen LogP contribution < -0.4 is 5.32 Å². The summed E-state index contributed by atoms with van der Waals surface area (Å²) in [5.74, 6) is -3.29. The number of hydrogen-bond donors (Lipinski definition) is 2. The van der Waals surface area contributed by atoms with Gasteiger partial charge in [-0.25, -0.2) is 4.79 Å². The number of benzene rings is 1. The Labute approximate surface area is 148 Å². The maximum Gasteiger partial charge on any atom is 0.416 e. The van der Waals surface area contributed by atoms with E-state index in [4.69, 9.17) is 4.74 Å². The molecule has 0 fully saturated rings. The SMILES string of the molecule is CCOC(=O)C[C@@H](C)[C@@H](NC(=O)Cc1ccc(C(F)(F)F)cc1)C(=O)O. The summed E-state index contributed by atoms with van der Waals surface area (Å²) in [5, 5.41) is 11.5. The van der Waals surface area contributed by atoms with Crippen molar-refractivity contribution in [2.45, 2.75) is 38.9 Å². The molecule has 0 aliphatic rings. The van der Waals surface area contributed by atoms with Crippen molar-refractivity contribution in [1.29, 1.82) is 0 Å². The highest BCUT2D eigenvalue weighted by Gasteiger charge is 2.30. The van der Waals surface area contributed by atoms with Crippen molar-refractivity contribution in [2.24, 2.45) is 5.92 Å². The maximum atomic E-state index is 12.5. The van der Waals surface area contributed by atoms with Crippen LogP contribution in [0.15, 0.2) is 24.3 Å².